The third-order valence-corrected chi connectivity index (χ3v) is 5.10. The van der Waals surface area contributed by atoms with E-state index in [0.29, 0.717) is 34.0 Å². The van der Waals surface area contributed by atoms with Gasteiger partial charge < -0.3 is 23.6 Å². The van der Waals surface area contributed by atoms with E-state index in [-0.39, 0.29) is 30.2 Å². The van der Waals surface area contributed by atoms with Crippen LogP contribution in [0.5, 0.6) is 17.2 Å². The van der Waals surface area contributed by atoms with Gasteiger partial charge >= 0.3 is 0 Å². The lowest BCUT2D eigenvalue weighted by molar-refractivity contribution is -0.123. The van der Waals surface area contributed by atoms with Crippen molar-refractivity contribution in [1.29, 1.82) is 0 Å². The fourth-order valence-corrected chi connectivity index (χ4v) is 3.28. The molecule has 0 spiro atoms. The Hall–Kier alpha value is -3.52. The minimum absolute atomic E-state index is 0.116. The van der Waals surface area contributed by atoms with Crippen molar-refractivity contribution in [2.75, 3.05) is 6.61 Å². The van der Waals surface area contributed by atoms with E-state index in [1.807, 2.05) is 18.2 Å². The standard InChI is InChI=1S/C23H18BrNO6/c1-14-23(31-19-7-3-2-6-18(19)24)22(27)17-9-8-15(11-20(17)30-14)29-13-21(26)25-12-16-5-4-10-28-16/h2-11H,12-13H2,1H3,(H,25,26). The van der Waals surface area contributed by atoms with Crippen molar-refractivity contribution in [2.24, 2.45) is 0 Å². The van der Waals surface area contributed by atoms with Crippen molar-refractivity contribution < 1.29 is 23.1 Å². The number of amides is 1. The second-order valence-corrected chi connectivity index (χ2v) is 7.51. The molecule has 8 heteroatoms. The number of hydrogen-bond acceptors (Lipinski definition) is 6. The van der Waals surface area contributed by atoms with Crippen molar-refractivity contribution >= 4 is 32.8 Å². The summed E-state index contributed by atoms with van der Waals surface area (Å²) in [4.78, 5) is 24.9. The maximum atomic E-state index is 12.9. The zero-order valence-corrected chi connectivity index (χ0v) is 18.1. The predicted octanol–water partition coefficient (Wildman–Crippen LogP) is 4.94. The van der Waals surface area contributed by atoms with Crippen molar-refractivity contribution in [1.82, 2.24) is 5.32 Å². The fourth-order valence-electron chi connectivity index (χ4n) is 2.91. The Morgan fingerprint density at radius 3 is 2.74 bits per heavy atom. The first kappa shape index (κ1) is 20.7. The Labute approximate surface area is 185 Å². The highest BCUT2D eigenvalue weighted by Crippen LogP contribution is 2.31. The van der Waals surface area contributed by atoms with Crippen LogP contribution in [0.2, 0.25) is 0 Å². The molecule has 1 N–H and O–H groups in total. The number of furan rings is 1. The van der Waals surface area contributed by atoms with Gasteiger partial charge in [-0.15, -0.1) is 0 Å². The summed E-state index contributed by atoms with van der Waals surface area (Å²) in [6, 6.07) is 15.5. The van der Waals surface area contributed by atoms with Crippen LogP contribution in [0.25, 0.3) is 11.0 Å². The number of nitrogens with one attached hydrogen (secondary N) is 1. The van der Waals surface area contributed by atoms with Gasteiger partial charge in [-0.3, -0.25) is 9.59 Å². The third-order valence-electron chi connectivity index (χ3n) is 4.45. The Morgan fingerprint density at radius 2 is 1.97 bits per heavy atom. The lowest BCUT2D eigenvalue weighted by Gasteiger charge is -2.11. The number of carbonyl (C=O) groups excluding carboxylic acids is 1. The summed E-state index contributed by atoms with van der Waals surface area (Å²) in [7, 11) is 0. The van der Waals surface area contributed by atoms with Crippen LogP contribution in [0.4, 0.5) is 0 Å². The van der Waals surface area contributed by atoms with E-state index < -0.39 is 0 Å². The zero-order chi connectivity index (χ0) is 21.8. The smallest absolute Gasteiger partial charge is 0.258 e. The molecule has 158 valence electrons. The molecule has 4 rings (SSSR count). The molecule has 0 fully saturated rings. The van der Waals surface area contributed by atoms with Crippen LogP contribution < -0.4 is 20.2 Å². The van der Waals surface area contributed by atoms with Gasteiger partial charge in [0.05, 0.1) is 22.7 Å². The highest BCUT2D eigenvalue weighted by molar-refractivity contribution is 9.10. The topological polar surface area (TPSA) is 90.9 Å². The molecule has 0 aliphatic rings. The molecule has 2 aromatic carbocycles. The zero-order valence-electron chi connectivity index (χ0n) is 16.5. The normalized spacial score (nSPS) is 10.8. The highest BCUT2D eigenvalue weighted by Gasteiger charge is 2.16. The average Bonchev–Trinajstić information content (AvgIpc) is 3.28. The van der Waals surface area contributed by atoms with E-state index in [1.54, 1.807) is 43.3 Å². The number of rotatable bonds is 7. The van der Waals surface area contributed by atoms with Crippen LogP contribution in [0.15, 0.2) is 79.0 Å². The van der Waals surface area contributed by atoms with Gasteiger partial charge in [0.25, 0.3) is 5.91 Å². The lowest BCUT2D eigenvalue weighted by atomic mass is 10.2. The molecule has 31 heavy (non-hydrogen) atoms. The molecular weight excluding hydrogens is 466 g/mol. The van der Waals surface area contributed by atoms with Gasteiger partial charge in [-0.05, 0) is 59.3 Å². The van der Waals surface area contributed by atoms with E-state index in [2.05, 4.69) is 21.2 Å². The number of para-hydroxylation sites is 1. The minimum atomic E-state index is -0.300. The second kappa shape index (κ2) is 9.09. The Morgan fingerprint density at radius 1 is 1.13 bits per heavy atom. The predicted molar refractivity (Wildman–Crippen MR) is 117 cm³/mol. The fraction of sp³-hybridized carbons (Fsp3) is 0.130. The lowest BCUT2D eigenvalue weighted by Crippen LogP contribution is -2.28. The van der Waals surface area contributed by atoms with Crippen LogP contribution in [-0.4, -0.2) is 12.5 Å². The molecule has 4 aromatic rings. The van der Waals surface area contributed by atoms with Crippen LogP contribution >= 0.6 is 15.9 Å². The average molecular weight is 484 g/mol. The SMILES string of the molecule is Cc1oc2cc(OCC(=O)NCc3ccco3)ccc2c(=O)c1Oc1ccccc1Br. The Bertz CT molecular complexity index is 1280. The van der Waals surface area contributed by atoms with Crippen LogP contribution in [0.1, 0.15) is 11.5 Å². The Kier molecular flexibility index (Phi) is 6.08. The van der Waals surface area contributed by atoms with Crippen LogP contribution in [0.3, 0.4) is 0 Å². The number of hydrogen-bond donors (Lipinski definition) is 1. The number of ether oxygens (including phenoxy) is 2. The first-order valence-electron chi connectivity index (χ1n) is 9.43. The molecule has 0 aliphatic heterocycles. The van der Waals surface area contributed by atoms with Crippen LogP contribution in [0, 0.1) is 6.92 Å². The second-order valence-electron chi connectivity index (χ2n) is 6.65. The summed E-state index contributed by atoms with van der Waals surface area (Å²) >= 11 is 3.40. The maximum absolute atomic E-state index is 12.9. The van der Waals surface area contributed by atoms with Gasteiger partial charge in [0, 0.05) is 6.07 Å². The van der Waals surface area contributed by atoms with Gasteiger partial charge in [-0.25, -0.2) is 0 Å². The molecule has 0 unspecified atom stereocenters. The number of benzene rings is 2. The summed E-state index contributed by atoms with van der Waals surface area (Å²) < 4.78 is 23.0. The van der Waals surface area contributed by atoms with Gasteiger partial charge in [0.2, 0.25) is 11.2 Å². The molecule has 7 nitrogen and oxygen atoms in total. The van der Waals surface area contributed by atoms with Gasteiger partial charge in [0.1, 0.15) is 28.6 Å². The highest BCUT2D eigenvalue weighted by atomic mass is 79.9. The molecule has 0 atom stereocenters. The summed E-state index contributed by atoms with van der Waals surface area (Å²) in [6.45, 7) is 1.75. The first-order chi connectivity index (χ1) is 15.0. The molecule has 0 aliphatic carbocycles. The summed E-state index contributed by atoms with van der Waals surface area (Å²) in [5.41, 5.74) is 0.0488. The van der Waals surface area contributed by atoms with E-state index in [1.165, 1.54) is 6.26 Å². The summed E-state index contributed by atoms with van der Waals surface area (Å²) in [5, 5.41) is 3.04. The first-order valence-corrected chi connectivity index (χ1v) is 10.2. The molecule has 0 bridgehead atoms. The number of aryl methyl sites for hydroxylation is 1. The van der Waals surface area contributed by atoms with E-state index in [0.717, 1.165) is 4.47 Å². The molecular formula is C23H18BrNO6. The minimum Gasteiger partial charge on any atom is -0.484 e. The van der Waals surface area contributed by atoms with Crippen molar-refractivity contribution in [3.8, 4) is 17.2 Å². The van der Waals surface area contributed by atoms with E-state index >= 15 is 0 Å². The molecule has 0 saturated heterocycles. The van der Waals surface area contributed by atoms with E-state index in [4.69, 9.17) is 18.3 Å². The van der Waals surface area contributed by atoms with Crippen molar-refractivity contribution in [3.05, 3.63) is 87.1 Å². The van der Waals surface area contributed by atoms with Gasteiger partial charge in [-0.1, -0.05) is 12.1 Å². The Balaban J connectivity index is 1.48. The number of halogens is 1. The van der Waals surface area contributed by atoms with Crippen molar-refractivity contribution in [3.63, 3.8) is 0 Å². The summed E-state index contributed by atoms with van der Waals surface area (Å²) in [5.74, 6) is 1.72. The number of carbonyl (C=O) groups is 1. The molecule has 0 radical (unpaired) electrons. The summed E-state index contributed by atoms with van der Waals surface area (Å²) in [6.07, 6.45) is 1.54. The molecule has 2 heterocycles. The van der Waals surface area contributed by atoms with Gasteiger partial charge in [0.15, 0.2) is 6.61 Å². The van der Waals surface area contributed by atoms with Crippen molar-refractivity contribution in [2.45, 2.75) is 13.5 Å². The van der Waals surface area contributed by atoms with Crippen LogP contribution in [-0.2, 0) is 11.3 Å². The maximum Gasteiger partial charge on any atom is 0.258 e. The molecule has 0 saturated carbocycles. The van der Waals surface area contributed by atoms with E-state index in [9.17, 15) is 9.59 Å². The van der Waals surface area contributed by atoms with Gasteiger partial charge in [-0.2, -0.15) is 0 Å². The molecule has 2 aromatic heterocycles. The molecule has 1 amide bonds. The quantitative estimate of drug-likeness (QED) is 0.400. The third kappa shape index (κ3) is 4.80. The number of fused-ring (bicyclic) bond motifs is 1. The monoisotopic (exact) mass is 483 g/mol. The largest absolute Gasteiger partial charge is 0.484 e.